The number of rotatable bonds is 6. The normalized spacial score (nSPS) is 10.3. The van der Waals surface area contributed by atoms with Crippen LogP contribution in [-0.4, -0.2) is 16.6 Å². The molecular formula is C17H18N2O3S. The fourth-order valence-corrected chi connectivity index (χ4v) is 3.05. The molecule has 1 N–H and O–H groups in total. The van der Waals surface area contributed by atoms with Crippen molar-refractivity contribution in [2.75, 3.05) is 11.1 Å². The molecular weight excluding hydrogens is 312 g/mol. The number of anilines is 1. The van der Waals surface area contributed by atoms with Crippen molar-refractivity contribution in [3.8, 4) is 0 Å². The van der Waals surface area contributed by atoms with Gasteiger partial charge in [-0.25, -0.2) is 0 Å². The second-order valence-corrected chi connectivity index (χ2v) is 6.44. The highest BCUT2D eigenvalue weighted by Gasteiger charge is 2.06. The number of nitrogens with zero attached hydrogens (tertiary/aromatic N) is 1. The van der Waals surface area contributed by atoms with Crippen LogP contribution in [0.25, 0.3) is 0 Å². The highest BCUT2D eigenvalue weighted by molar-refractivity contribution is 7.99. The molecule has 0 unspecified atom stereocenters. The second kappa shape index (κ2) is 7.78. The summed E-state index contributed by atoms with van der Waals surface area (Å²) in [7, 11) is 0. The Hall–Kier alpha value is -2.34. The van der Waals surface area contributed by atoms with E-state index in [1.54, 1.807) is 12.1 Å². The van der Waals surface area contributed by atoms with Crippen molar-refractivity contribution in [2.45, 2.75) is 25.2 Å². The highest BCUT2D eigenvalue weighted by atomic mass is 32.2. The zero-order valence-electron chi connectivity index (χ0n) is 13.0. The number of thioether (sulfide) groups is 1. The van der Waals surface area contributed by atoms with Gasteiger partial charge in [-0.2, -0.15) is 0 Å². The molecule has 0 atom stereocenters. The van der Waals surface area contributed by atoms with Crippen LogP contribution >= 0.6 is 11.8 Å². The van der Waals surface area contributed by atoms with Gasteiger partial charge in [0.05, 0.1) is 4.92 Å². The van der Waals surface area contributed by atoms with Crippen molar-refractivity contribution in [2.24, 2.45) is 0 Å². The van der Waals surface area contributed by atoms with Crippen molar-refractivity contribution in [3.63, 3.8) is 0 Å². The molecule has 0 aliphatic carbocycles. The monoisotopic (exact) mass is 330 g/mol. The molecule has 120 valence electrons. The molecule has 1 amide bonds. The van der Waals surface area contributed by atoms with Crippen molar-refractivity contribution in [1.82, 2.24) is 0 Å². The molecule has 0 heterocycles. The molecule has 0 aromatic heterocycles. The lowest BCUT2D eigenvalue weighted by Gasteiger charge is -2.07. The van der Waals surface area contributed by atoms with Gasteiger partial charge in [-0.15, -0.1) is 11.8 Å². The molecule has 23 heavy (non-hydrogen) atoms. The molecule has 0 aliphatic rings. The molecule has 0 spiro atoms. The first-order chi connectivity index (χ1) is 10.9. The summed E-state index contributed by atoms with van der Waals surface area (Å²) in [5.74, 6) is 0.582. The van der Waals surface area contributed by atoms with E-state index in [-0.39, 0.29) is 11.6 Å². The summed E-state index contributed by atoms with van der Waals surface area (Å²) >= 11 is 1.50. The van der Waals surface area contributed by atoms with Gasteiger partial charge in [-0.3, -0.25) is 14.9 Å². The van der Waals surface area contributed by atoms with Crippen molar-refractivity contribution >= 4 is 29.0 Å². The number of carbonyl (C=O) groups excluding carboxylic acids is 1. The molecule has 2 aromatic carbocycles. The van der Waals surface area contributed by atoms with Crippen LogP contribution in [0.1, 0.15) is 17.5 Å². The molecule has 2 rings (SSSR count). The van der Waals surface area contributed by atoms with E-state index in [4.69, 9.17) is 0 Å². The molecule has 0 aliphatic heterocycles. The highest BCUT2D eigenvalue weighted by Crippen LogP contribution is 2.22. The van der Waals surface area contributed by atoms with Gasteiger partial charge in [0.15, 0.2) is 0 Å². The van der Waals surface area contributed by atoms with E-state index in [1.165, 1.54) is 23.9 Å². The third kappa shape index (κ3) is 5.41. The molecule has 0 fully saturated rings. The number of benzene rings is 2. The summed E-state index contributed by atoms with van der Waals surface area (Å²) in [6.07, 6.45) is 0.384. The third-order valence-electron chi connectivity index (χ3n) is 3.15. The van der Waals surface area contributed by atoms with Crippen molar-refractivity contribution < 1.29 is 9.72 Å². The molecule has 0 saturated carbocycles. The zero-order valence-corrected chi connectivity index (χ0v) is 13.9. The maximum Gasteiger partial charge on any atom is 0.269 e. The van der Waals surface area contributed by atoms with Gasteiger partial charge < -0.3 is 5.32 Å². The van der Waals surface area contributed by atoms with E-state index in [0.717, 1.165) is 21.7 Å². The molecule has 6 heteroatoms. The fraction of sp³-hybridized carbons (Fsp3) is 0.235. The van der Waals surface area contributed by atoms with E-state index in [0.29, 0.717) is 12.2 Å². The number of nitrogens with one attached hydrogen (secondary N) is 1. The Morgan fingerprint density at radius 1 is 1.13 bits per heavy atom. The number of nitro groups is 1. The largest absolute Gasteiger partial charge is 0.326 e. The molecule has 0 radical (unpaired) electrons. The van der Waals surface area contributed by atoms with E-state index in [1.807, 2.05) is 26.0 Å². The van der Waals surface area contributed by atoms with Crippen molar-refractivity contribution in [3.05, 3.63) is 63.7 Å². The van der Waals surface area contributed by atoms with Gasteiger partial charge in [-0.1, -0.05) is 6.07 Å². The summed E-state index contributed by atoms with van der Waals surface area (Å²) in [6, 6.07) is 12.3. The molecule has 0 saturated heterocycles. The lowest BCUT2D eigenvalue weighted by atomic mass is 10.1. The zero-order chi connectivity index (χ0) is 16.8. The summed E-state index contributed by atoms with van der Waals surface area (Å²) in [6.45, 7) is 3.99. The number of aryl methyl sites for hydroxylation is 2. The Bertz CT molecular complexity index is 694. The Kier molecular flexibility index (Phi) is 5.76. The quantitative estimate of drug-likeness (QED) is 0.486. The SMILES string of the molecule is Cc1cc(C)cc(NC(=O)CCSc2ccc([N+](=O)[O-])cc2)c1. The summed E-state index contributed by atoms with van der Waals surface area (Å²) < 4.78 is 0. The Morgan fingerprint density at radius 3 is 2.30 bits per heavy atom. The minimum absolute atomic E-state index is 0.0376. The molecule has 0 bridgehead atoms. The lowest BCUT2D eigenvalue weighted by molar-refractivity contribution is -0.384. The standard InChI is InChI=1S/C17H18N2O3S/c1-12-9-13(2)11-14(10-12)18-17(20)7-8-23-16-5-3-15(4-6-16)19(21)22/h3-6,9-11H,7-8H2,1-2H3,(H,18,20). The van der Waals surface area contributed by atoms with E-state index < -0.39 is 4.92 Å². The number of non-ortho nitro benzene ring substituents is 1. The van der Waals surface area contributed by atoms with E-state index >= 15 is 0 Å². The first-order valence-electron chi connectivity index (χ1n) is 7.19. The number of hydrogen-bond donors (Lipinski definition) is 1. The topological polar surface area (TPSA) is 72.2 Å². The minimum Gasteiger partial charge on any atom is -0.326 e. The van der Waals surface area contributed by atoms with Gasteiger partial charge in [0.25, 0.3) is 5.69 Å². The summed E-state index contributed by atoms with van der Waals surface area (Å²) in [5, 5.41) is 13.5. The smallest absolute Gasteiger partial charge is 0.269 e. The van der Waals surface area contributed by atoms with E-state index in [9.17, 15) is 14.9 Å². The predicted molar refractivity (Wildman–Crippen MR) is 93.0 cm³/mol. The number of nitro benzene ring substituents is 1. The fourth-order valence-electron chi connectivity index (χ4n) is 2.20. The predicted octanol–water partition coefficient (Wildman–Crippen LogP) is 4.33. The van der Waals surface area contributed by atoms with Crippen LogP contribution in [0.4, 0.5) is 11.4 Å². The average Bonchev–Trinajstić information content (AvgIpc) is 2.46. The minimum atomic E-state index is -0.425. The van der Waals surface area contributed by atoms with Gasteiger partial charge in [0.2, 0.25) is 5.91 Å². The lowest BCUT2D eigenvalue weighted by Crippen LogP contribution is -2.12. The number of hydrogen-bond acceptors (Lipinski definition) is 4. The first kappa shape index (κ1) is 17.0. The third-order valence-corrected chi connectivity index (χ3v) is 4.16. The van der Waals surface area contributed by atoms with Crippen LogP contribution in [0.5, 0.6) is 0 Å². The Labute approximate surface area is 139 Å². The molecule has 5 nitrogen and oxygen atoms in total. The van der Waals surface area contributed by atoms with Crippen LogP contribution < -0.4 is 5.32 Å². The van der Waals surface area contributed by atoms with Crippen molar-refractivity contribution in [1.29, 1.82) is 0 Å². The van der Waals surface area contributed by atoms with Crippen LogP contribution in [0.2, 0.25) is 0 Å². The first-order valence-corrected chi connectivity index (χ1v) is 8.18. The van der Waals surface area contributed by atoms with Gasteiger partial charge in [-0.05, 0) is 49.2 Å². The maximum absolute atomic E-state index is 12.0. The van der Waals surface area contributed by atoms with Crippen LogP contribution in [0, 0.1) is 24.0 Å². The maximum atomic E-state index is 12.0. The van der Waals surface area contributed by atoms with Crippen LogP contribution in [-0.2, 0) is 4.79 Å². The van der Waals surface area contributed by atoms with Gasteiger partial charge in [0.1, 0.15) is 0 Å². The van der Waals surface area contributed by atoms with E-state index in [2.05, 4.69) is 11.4 Å². The average molecular weight is 330 g/mol. The number of amides is 1. The summed E-state index contributed by atoms with van der Waals surface area (Å²) in [5.41, 5.74) is 3.11. The summed E-state index contributed by atoms with van der Waals surface area (Å²) in [4.78, 5) is 23.0. The second-order valence-electron chi connectivity index (χ2n) is 5.27. The Balaban J connectivity index is 1.81. The Morgan fingerprint density at radius 2 is 1.74 bits per heavy atom. The number of carbonyl (C=O) groups is 1. The van der Waals surface area contributed by atoms with Crippen LogP contribution in [0.3, 0.4) is 0 Å². The molecule has 2 aromatic rings. The van der Waals surface area contributed by atoms with Gasteiger partial charge in [0, 0.05) is 34.9 Å². The van der Waals surface area contributed by atoms with Gasteiger partial charge >= 0.3 is 0 Å². The van der Waals surface area contributed by atoms with Crippen LogP contribution in [0.15, 0.2) is 47.4 Å².